The molecule has 1 aliphatic rings. The summed E-state index contributed by atoms with van der Waals surface area (Å²) in [6.07, 6.45) is 2.32. The molecule has 1 fully saturated rings. The van der Waals surface area contributed by atoms with Crippen LogP contribution >= 0.6 is 0 Å². The van der Waals surface area contributed by atoms with Gasteiger partial charge in [0.2, 0.25) is 11.8 Å². The van der Waals surface area contributed by atoms with Gasteiger partial charge in [0.25, 0.3) is 0 Å². The third kappa shape index (κ3) is 4.35. The Morgan fingerprint density at radius 1 is 0.893 bits per heavy atom. The average Bonchev–Trinajstić information content (AvgIpc) is 3.49. The molecule has 0 aromatic heterocycles. The number of rotatable bonds is 7. The lowest BCUT2D eigenvalue weighted by Crippen LogP contribution is -2.21. The summed E-state index contributed by atoms with van der Waals surface area (Å²) in [5.41, 5.74) is 5.02. The number of hydrogen-bond donors (Lipinski definition) is 2. The summed E-state index contributed by atoms with van der Waals surface area (Å²) >= 11 is 0. The summed E-state index contributed by atoms with van der Waals surface area (Å²) in [5, 5.41) is 6.01. The van der Waals surface area contributed by atoms with E-state index in [0.29, 0.717) is 6.42 Å². The second-order valence-corrected chi connectivity index (χ2v) is 7.53. The topological polar surface area (TPSA) is 61.4 Å². The van der Waals surface area contributed by atoms with Gasteiger partial charge in [0.1, 0.15) is 0 Å². The predicted octanol–water partition coefficient (Wildman–Crippen LogP) is 4.09. The van der Waals surface area contributed by atoms with Crippen LogP contribution in [0.4, 0.5) is 17.1 Å². The van der Waals surface area contributed by atoms with Crippen LogP contribution in [-0.4, -0.2) is 25.9 Å². The summed E-state index contributed by atoms with van der Waals surface area (Å²) in [7, 11) is 3.95. The van der Waals surface area contributed by atoms with Gasteiger partial charge in [-0.05, 0) is 54.7 Å². The smallest absolute Gasteiger partial charge is 0.228 e. The Kier molecular flexibility index (Phi) is 6.02. The van der Waals surface area contributed by atoms with Crippen molar-refractivity contribution >= 4 is 28.9 Å². The predicted molar refractivity (Wildman–Crippen MR) is 115 cm³/mol. The van der Waals surface area contributed by atoms with Gasteiger partial charge in [0, 0.05) is 31.2 Å². The van der Waals surface area contributed by atoms with E-state index >= 15 is 0 Å². The number of hydrogen-bond acceptors (Lipinski definition) is 3. The van der Waals surface area contributed by atoms with E-state index in [4.69, 9.17) is 0 Å². The van der Waals surface area contributed by atoms with E-state index in [9.17, 15) is 9.59 Å². The number of nitrogens with one attached hydrogen (secondary N) is 2. The van der Waals surface area contributed by atoms with Crippen LogP contribution in [0.2, 0.25) is 0 Å². The quantitative estimate of drug-likeness (QED) is 0.762. The van der Waals surface area contributed by atoms with Crippen LogP contribution in [0.3, 0.4) is 0 Å². The summed E-state index contributed by atoms with van der Waals surface area (Å²) < 4.78 is 0. The van der Waals surface area contributed by atoms with Crippen molar-refractivity contribution in [3.8, 4) is 0 Å². The standard InChI is InChI=1S/C23H29N3O2/c1-5-15-8-7-9-16(6-2)21(15)25-23(28)20-14-19(20)22(27)24-17-10-12-18(13-11-17)26(3)4/h7-13,19-20H,5-6,14H2,1-4H3,(H,24,27)(H,25,28). The lowest BCUT2D eigenvalue weighted by Gasteiger charge is -2.14. The molecule has 2 aromatic rings. The highest BCUT2D eigenvalue weighted by atomic mass is 16.2. The van der Waals surface area contributed by atoms with Crippen molar-refractivity contribution in [3.63, 3.8) is 0 Å². The molecule has 1 saturated carbocycles. The number of aryl methyl sites for hydroxylation is 2. The Morgan fingerprint density at radius 2 is 1.43 bits per heavy atom. The summed E-state index contributed by atoms with van der Waals surface area (Å²) in [4.78, 5) is 27.2. The van der Waals surface area contributed by atoms with Crippen molar-refractivity contribution < 1.29 is 9.59 Å². The molecular formula is C23H29N3O2. The molecule has 0 spiro atoms. The highest BCUT2D eigenvalue weighted by Crippen LogP contribution is 2.40. The Morgan fingerprint density at radius 3 is 1.93 bits per heavy atom. The van der Waals surface area contributed by atoms with E-state index < -0.39 is 0 Å². The van der Waals surface area contributed by atoms with Gasteiger partial charge < -0.3 is 15.5 Å². The Bertz CT molecular complexity index is 836. The van der Waals surface area contributed by atoms with Gasteiger partial charge in [-0.25, -0.2) is 0 Å². The van der Waals surface area contributed by atoms with Crippen LogP contribution in [-0.2, 0) is 22.4 Å². The van der Waals surface area contributed by atoms with E-state index in [1.807, 2.05) is 61.5 Å². The van der Waals surface area contributed by atoms with E-state index in [-0.39, 0.29) is 23.7 Å². The molecule has 0 bridgehead atoms. The lowest BCUT2D eigenvalue weighted by atomic mass is 10.0. The molecule has 2 atom stereocenters. The van der Waals surface area contributed by atoms with Crippen LogP contribution in [0.1, 0.15) is 31.4 Å². The van der Waals surface area contributed by atoms with Gasteiger partial charge in [0.05, 0.1) is 11.8 Å². The molecule has 3 rings (SSSR count). The first-order valence-corrected chi connectivity index (χ1v) is 9.94. The van der Waals surface area contributed by atoms with Gasteiger partial charge in [-0.2, -0.15) is 0 Å². The zero-order valence-electron chi connectivity index (χ0n) is 17.1. The van der Waals surface area contributed by atoms with Gasteiger partial charge in [-0.15, -0.1) is 0 Å². The Hall–Kier alpha value is -2.82. The molecule has 0 saturated heterocycles. The molecule has 2 unspecified atom stereocenters. The fourth-order valence-electron chi connectivity index (χ4n) is 3.47. The van der Waals surface area contributed by atoms with Gasteiger partial charge in [-0.1, -0.05) is 32.0 Å². The third-order valence-electron chi connectivity index (χ3n) is 5.36. The number of carbonyl (C=O) groups excluding carboxylic acids is 2. The zero-order valence-corrected chi connectivity index (χ0v) is 17.1. The van der Waals surface area contributed by atoms with E-state index in [1.54, 1.807) is 0 Å². The minimum absolute atomic E-state index is 0.0568. The van der Waals surface area contributed by atoms with Crippen molar-refractivity contribution in [2.45, 2.75) is 33.1 Å². The van der Waals surface area contributed by atoms with Gasteiger partial charge in [-0.3, -0.25) is 9.59 Å². The third-order valence-corrected chi connectivity index (χ3v) is 5.36. The SMILES string of the molecule is CCc1cccc(CC)c1NC(=O)C1CC1C(=O)Nc1ccc(N(C)C)cc1. The molecule has 148 valence electrons. The molecule has 2 N–H and O–H groups in total. The summed E-state index contributed by atoms with van der Waals surface area (Å²) in [5.74, 6) is -0.654. The van der Waals surface area contributed by atoms with E-state index in [2.05, 4.69) is 24.5 Å². The maximum atomic E-state index is 12.7. The second-order valence-electron chi connectivity index (χ2n) is 7.53. The first-order chi connectivity index (χ1) is 13.4. The first kappa shape index (κ1) is 19.9. The van der Waals surface area contributed by atoms with Crippen LogP contribution < -0.4 is 15.5 Å². The molecule has 28 heavy (non-hydrogen) atoms. The van der Waals surface area contributed by atoms with Crippen molar-refractivity contribution in [1.29, 1.82) is 0 Å². The van der Waals surface area contributed by atoms with E-state index in [1.165, 1.54) is 0 Å². The monoisotopic (exact) mass is 379 g/mol. The Balaban J connectivity index is 1.60. The van der Waals surface area contributed by atoms with Crippen LogP contribution in [0.15, 0.2) is 42.5 Å². The highest BCUT2D eigenvalue weighted by molar-refractivity contribution is 6.03. The largest absolute Gasteiger partial charge is 0.378 e. The van der Waals surface area contributed by atoms with Crippen LogP contribution in [0, 0.1) is 11.8 Å². The molecule has 0 radical (unpaired) electrons. The van der Waals surface area contributed by atoms with Crippen molar-refractivity contribution in [2.75, 3.05) is 29.6 Å². The van der Waals surface area contributed by atoms with Crippen LogP contribution in [0.25, 0.3) is 0 Å². The Labute approximate surface area is 167 Å². The molecule has 5 heteroatoms. The maximum absolute atomic E-state index is 12.7. The summed E-state index contributed by atoms with van der Waals surface area (Å²) in [6, 6.07) is 13.8. The fourth-order valence-corrected chi connectivity index (χ4v) is 3.47. The maximum Gasteiger partial charge on any atom is 0.228 e. The van der Waals surface area contributed by atoms with Crippen LogP contribution in [0.5, 0.6) is 0 Å². The second kappa shape index (κ2) is 8.46. The molecule has 0 heterocycles. The zero-order chi connectivity index (χ0) is 20.3. The molecular weight excluding hydrogens is 350 g/mol. The molecule has 2 aromatic carbocycles. The molecule has 5 nitrogen and oxygen atoms in total. The van der Waals surface area contributed by atoms with Crippen molar-refractivity contribution in [1.82, 2.24) is 0 Å². The normalized spacial score (nSPS) is 17.7. The van der Waals surface area contributed by atoms with Gasteiger partial charge >= 0.3 is 0 Å². The minimum atomic E-state index is -0.257. The minimum Gasteiger partial charge on any atom is -0.378 e. The van der Waals surface area contributed by atoms with E-state index in [0.717, 1.165) is 41.0 Å². The molecule has 1 aliphatic carbocycles. The lowest BCUT2D eigenvalue weighted by molar-refractivity contribution is -0.122. The number of nitrogens with zero attached hydrogens (tertiary/aromatic N) is 1. The van der Waals surface area contributed by atoms with Crippen molar-refractivity contribution in [2.24, 2.45) is 11.8 Å². The molecule has 2 amide bonds. The summed E-state index contributed by atoms with van der Waals surface area (Å²) in [6.45, 7) is 4.17. The molecule has 0 aliphatic heterocycles. The number of anilines is 3. The average molecular weight is 380 g/mol. The highest BCUT2D eigenvalue weighted by Gasteiger charge is 2.48. The van der Waals surface area contributed by atoms with Gasteiger partial charge in [0.15, 0.2) is 0 Å². The first-order valence-electron chi connectivity index (χ1n) is 9.94. The number of carbonyl (C=O) groups is 2. The number of amides is 2. The van der Waals surface area contributed by atoms with Crippen molar-refractivity contribution in [3.05, 3.63) is 53.6 Å². The fraction of sp³-hybridized carbons (Fsp3) is 0.391. The number of benzene rings is 2. The number of para-hydroxylation sites is 1.